The molecule has 21 heavy (non-hydrogen) atoms. The van der Waals surface area contributed by atoms with Gasteiger partial charge in [-0.15, -0.1) is 0 Å². The lowest BCUT2D eigenvalue weighted by atomic mass is 10.2. The number of halogens is 3. The predicted molar refractivity (Wildman–Crippen MR) is 87.7 cm³/mol. The number of carboxylic acids is 1. The Morgan fingerprint density at radius 3 is 2.38 bits per heavy atom. The van der Waals surface area contributed by atoms with E-state index in [1.54, 1.807) is 24.3 Å². The summed E-state index contributed by atoms with van der Waals surface area (Å²) in [5.41, 5.74) is 0.537. The van der Waals surface area contributed by atoms with Gasteiger partial charge in [-0.2, -0.15) is 0 Å². The fraction of sp³-hybridized carbons (Fsp3) is 0.0714. The minimum absolute atomic E-state index is 0.000269. The Labute approximate surface area is 142 Å². The first-order chi connectivity index (χ1) is 9.90. The molecular formula is C14H9BrCl2O3S. The van der Waals surface area contributed by atoms with Gasteiger partial charge < -0.3 is 5.11 Å². The topological polar surface area (TPSA) is 54.4 Å². The summed E-state index contributed by atoms with van der Waals surface area (Å²) in [6.07, 6.45) is 0. The van der Waals surface area contributed by atoms with Gasteiger partial charge in [-0.1, -0.05) is 45.2 Å². The van der Waals surface area contributed by atoms with E-state index in [4.69, 9.17) is 23.2 Å². The van der Waals surface area contributed by atoms with Gasteiger partial charge in [0.15, 0.2) is 0 Å². The minimum Gasteiger partial charge on any atom is -0.478 e. The van der Waals surface area contributed by atoms with Gasteiger partial charge in [0.1, 0.15) is 0 Å². The maximum absolute atomic E-state index is 12.5. The first-order valence-electron chi connectivity index (χ1n) is 5.74. The number of carbonyl (C=O) groups is 1. The van der Waals surface area contributed by atoms with Crippen molar-refractivity contribution in [3.63, 3.8) is 0 Å². The third-order valence-corrected chi connectivity index (χ3v) is 5.34. The fourth-order valence-corrected chi connectivity index (χ4v) is 4.33. The van der Waals surface area contributed by atoms with E-state index in [1.165, 1.54) is 12.1 Å². The third kappa shape index (κ3) is 3.86. The van der Waals surface area contributed by atoms with Crippen molar-refractivity contribution in [1.82, 2.24) is 0 Å². The quantitative estimate of drug-likeness (QED) is 0.794. The van der Waals surface area contributed by atoms with Gasteiger partial charge in [-0.05, 0) is 30.3 Å². The molecule has 2 aromatic carbocycles. The van der Waals surface area contributed by atoms with E-state index in [1.807, 2.05) is 0 Å². The molecule has 1 atom stereocenters. The second-order valence-electron chi connectivity index (χ2n) is 4.14. The van der Waals surface area contributed by atoms with Crippen LogP contribution in [0, 0.1) is 0 Å². The summed E-state index contributed by atoms with van der Waals surface area (Å²) < 4.78 is 13.2. The summed E-state index contributed by atoms with van der Waals surface area (Å²) in [4.78, 5) is 11.5. The molecule has 0 saturated heterocycles. The molecule has 7 heteroatoms. The normalized spacial score (nSPS) is 12.1. The highest BCUT2D eigenvalue weighted by Crippen LogP contribution is 2.28. The van der Waals surface area contributed by atoms with Gasteiger partial charge in [-0.3, -0.25) is 4.21 Å². The monoisotopic (exact) mass is 406 g/mol. The molecule has 0 aromatic heterocycles. The molecule has 0 fully saturated rings. The van der Waals surface area contributed by atoms with Crippen LogP contribution in [0.15, 0.2) is 45.8 Å². The summed E-state index contributed by atoms with van der Waals surface area (Å²) >= 11 is 15.3. The zero-order valence-electron chi connectivity index (χ0n) is 10.5. The Kier molecular flexibility index (Phi) is 5.43. The first-order valence-corrected chi connectivity index (χ1v) is 8.61. The molecule has 1 N–H and O–H groups in total. The highest BCUT2D eigenvalue weighted by molar-refractivity contribution is 9.10. The second-order valence-corrected chi connectivity index (χ2v) is 7.29. The van der Waals surface area contributed by atoms with E-state index < -0.39 is 16.8 Å². The van der Waals surface area contributed by atoms with Crippen LogP contribution < -0.4 is 0 Å². The predicted octanol–water partition coefficient (Wildman–Crippen LogP) is 4.76. The molecule has 0 heterocycles. The number of aromatic carboxylic acids is 1. The molecule has 0 bridgehead atoms. The number of rotatable bonds is 4. The van der Waals surface area contributed by atoms with Crippen molar-refractivity contribution < 1.29 is 14.1 Å². The summed E-state index contributed by atoms with van der Waals surface area (Å²) in [5, 5.41) is 9.99. The molecule has 0 aliphatic rings. The molecule has 2 aromatic rings. The molecule has 0 spiro atoms. The number of hydrogen-bond donors (Lipinski definition) is 1. The summed E-state index contributed by atoms with van der Waals surface area (Å²) in [6, 6.07) is 9.53. The van der Waals surface area contributed by atoms with E-state index in [2.05, 4.69) is 15.9 Å². The van der Waals surface area contributed by atoms with Crippen LogP contribution in [-0.4, -0.2) is 15.3 Å². The molecule has 0 radical (unpaired) electrons. The largest absolute Gasteiger partial charge is 0.478 e. The van der Waals surface area contributed by atoms with E-state index in [9.17, 15) is 14.1 Å². The Morgan fingerprint density at radius 1 is 1.19 bits per heavy atom. The maximum Gasteiger partial charge on any atom is 0.336 e. The lowest BCUT2D eigenvalue weighted by Crippen LogP contribution is -2.06. The molecule has 0 amide bonds. The Bertz CT molecular complexity index is 714. The van der Waals surface area contributed by atoms with Gasteiger partial charge in [0.05, 0.1) is 27.0 Å². The Hall–Kier alpha value is -0.880. The van der Waals surface area contributed by atoms with Gasteiger partial charge in [0.25, 0.3) is 0 Å². The standard InChI is InChI=1S/C14H9BrCl2O3S/c15-8-4-5-9(14(18)19)13(6-8)21(20)7-10-11(16)2-1-3-12(10)17/h1-6H,7H2,(H,18,19). The second kappa shape index (κ2) is 6.92. The number of carboxylic acid groups (broad SMARTS) is 1. The van der Waals surface area contributed by atoms with Crippen molar-refractivity contribution in [2.45, 2.75) is 10.6 Å². The van der Waals surface area contributed by atoms with E-state index in [0.29, 0.717) is 20.1 Å². The number of benzene rings is 2. The molecule has 0 aliphatic carbocycles. The Morgan fingerprint density at radius 2 is 1.81 bits per heavy atom. The first kappa shape index (κ1) is 16.5. The zero-order valence-corrected chi connectivity index (χ0v) is 14.4. The van der Waals surface area contributed by atoms with Crippen LogP contribution in [0.3, 0.4) is 0 Å². The van der Waals surface area contributed by atoms with Crippen LogP contribution >= 0.6 is 39.1 Å². The van der Waals surface area contributed by atoms with Crippen LogP contribution in [-0.2, 0) is 16.6 Å². The lowest BCUT2D eigenvalue weighted by Gasteiger charge is -2.09. The molecule has 3 nitrogen and oxygen atoms in total. The van der Waals surface area contributed by atoms with Gasteiger partial charge in [0.2, 0.25) is 0 Å². The average molecular weight is 408 g/mol. The van der Waals surface area contributed by atoms with Crippen molar-refractivity contribution in [2.24, 2.45) is 0 Å². The van der Waals surface area contributed by atoms with E-state index in [-0.39, 0.29) is 16.2 Å². The van der Waals surface area contributed by atoms with Crippen LogP contribution in [0.2, 0.25) is 10.0 Å². The number of hydrogen-bond acceptors (Lipinski definition) is 2. The van der Waals surface area contributed by atoms with Crippen molar-refractivity contribution in [2.75, 3.05) is 0 Å². The van der Waals surface area contributed by atoms with Gasteiger partial charge >= 0.3 is 5.97 Å². The molecule has 110 valence electrons. The summed E-state index contributed by atoms with van der Waals surface area (Å²) in [6.45, 7) is 0. The van der Waals surface area contributed by atoms with Crippen LogP contribution in [0.25, 0.3) is 0 Å². The average Bonchev–Trinajstić information content (AvgIpc) is 2.42. The van der Waals surface area contributed by atoms with E-state index in [0.717, 1.165) is 0 Å². The smallest absolute Gasteiger partial charge is 0.336 e. The zero-order chi connectivity index (χ0) is 15.6. The molecule has 0 saturated carbocycles. The summed E-state index contributed by atoms with van der Waals surface area (Å²) in [7, 11) is -1.58. The molecular weight excluding hydrogens is 399 g/mol. The Balaban J connectivity index is 2.41. The van der Waals surface area contributed by atoms with E-state index >= 15 is 0 Å². The van der Waals surface area contributed by atoms with Crippen molar-refractivity contribution in [3.05, 3.63) is 62.0 Å². The van der Waals surface area contributed by atoms with Crippen molar-refractivity contribution in [1.29, 1.82) is 0 Å². The highest BCUT2D eigenvalue weighted by atomic mass is 79.9. The third-order valence-electron chi connectivity index (χ3n) is 2.76. The van der Waals surface area contributed by atoms with Crippen LogP contribution in [0.5, 0.6) is 0 Å². The van der Waals surface area contributed by atoms with Crippen LogP contribution in [0.1, 0.15) is 15.9 Å². The van der Waals surface area contributed by atoms with Crippen molar-refractivity contribution in [3.8, 4) is 0 Å². The van der Waals surface area contributed by atoms with Crippen LogP contribution in [0.4, 0.5) is 0 Å². The molecule has 2 rings (SSSR count). The SMILES string of the molecule is O=C(O)c1ccc(Br)cc1S(=O)Cc1c(Cl)cccc1Cl. The fourth-order valence-electron chi connectivity index (χ4n) is 1.74. The molecule has 1 unspecified atom stereocenters. The summed E-state index contributed by atoms with van der Waals surface area (Å²) in [5.74, 6) is -1.08. The maximum atomic E-state index is 12.5. The minimum atomic E-state index is -1.58. The lowest BCUT2D eigenvalue weighted by molar-refractivity contribution is 0.0693. The van der Waals surface area contributed by atoms with Crippen molar-refractivity contribution >= 4 is 55.9 Å². The van der Waals surface area contributed by atoms with Gasteiger partial charge in [-0.25, -0.2) is 4.79 Å². The molecule has 0 aliphatic heterocycles. The van der Waals surface area contributed by atoms with Gasteiger partial charge in [0, 0.05) is 20.1 Å². The highest BCUT2D eigenvalue weighted by Gasteiger charge is 2.18.